The number of aryl methyl sites for hydroxylation is 2. The van der Waals surface area contributed by atoms with Crippen molar-refractivity contribution in [3.63, 3.8) is 0 Å². The van der Waals surface area contributed by atoms with E-state index in [1.807, 2.05) is 6.07 Å². The zero-order valence-electron chi connectivity index (χ0n) is 13.1. The van der Waals surface area contributed by atoms with E-state index in [-0.39, 0.29) is 23.3 Å². The predicted molar refractivity (Wildman–Crippen MR) is 86.2 cm³/mol. The van der Waals surface area contributed by atoms with E-state index in [0.717, 1.165) is 42.4 Å². The molecule has 0 aliphatic heterocycles. The Bertz CT molecular complexity index is 612. The molecule has 0 bridgehead atoms. The SMILES string of the molecule is Cc1cc(/C=C(/C#N)C(=O)NC2CCCCC2)cc(C)c1O. The van der Waals surface area contributed by atoms with Crippen molar-refractivity contribution in [3.8, 4) is 11.8 Å². The molecule has 2 N–H and O–H groups in total. The van der Waals surface area contributed by atoms with Gasteiger partial charge < -0.3 is 10.4 Å². The summed E-state index contributed by atoms with van der Waals surface area (Å²) in [5.41, 5.74) is 2.32. The van der Waals surface area contributed by atoms with Gasteiger partial charge in [0.1, 0.15) is 17.4 Å². The van der Waals surface area contributed by atoms with Crippen molar-refractivity contribution in [1.29, 1.82) is 5.26 Å². The number of nitrogens with zero attached hydrogens (tertiary/aromatic N) is 1. The fourth-order valence-corrected chi connectivity index (χ4v) is 2.90. The molecule has 1 aliphatic rings. The minimum Gasteiger partial charge on any atom is -0.507 e. The molecule has 2 rings (SSSR count). The van der Waals surface area contributed by atoms with Gasteiger partial charge in [-0.15, -0.1) is 0 Å². The van der Waals surface area contributed by atoms with Gasteiger partial charge in [0.25, 0.3) is 5.91 Å². The summed E-state index contributed by atoms with van der Waals surface area (Å²) in [6.07, 6.45) is 7.04. The van der Waals surface area contributed by atoms with Crippen LogP contribution in [0.15, 0.2) is 17.7 Å². The van der Waals surface area contributed by atoms with Crippen LogP contribution >= 0.6 is 0 Å². The van der Waals surface area contributed by atoms with E-state index in [1.165, 1.54) is 6.42 Å². The van der Waals surface area contributed by atoms with Crippen molar-refractivity contribution in [2.45, 2.75) is 52.0 Å². The minimum absolute atomic E-state index is 0.107. The number of aromatic hydroxyl groups is 1. The fourth-order valence-electron chi connectivity index (χ4n) is 2.90. The second kappa shape index (κ2) is 7.13. The summed E-state index contributed by atoms with van der Waals surface area (Å²) in [4.78, 5) is 12.2. The Morgan fingerprint density at radius 2 is 1.86 bits per heavy atom. The van der Waals surface area contributed by atoms with Gasteiger partial charge in [0.2, 0.25) is 0 Å². The van der Waals surface area contributed by atoms with Gasteiger partial charge in [-0.25, -0.2) is 0 Å². The zero-order chi connectivity index (χ0) is 16.1. The number of hydrogen-bond donors (Lipinski definition) is 2. The van der Waals surface area contributed by atoms with E-state index in [2.05, 4.69) is 5.32 Å². The molecule has 0 unspecified atom stereocenters. The molecule has 1 aliphatic carbocycles. The van der Waals surface area contributed by atoms with Crippen molar-refractivity contribution in [2.75, 3.05) is 0 Å². The van der Waals surface area contributed by atoms with Crippen LogP contribution in [0, 0.1) is 25.2 Å². The maximum Gasteiger partial charge on any atom is 0.262 e. The lowest BCUT2D eigenvalue weighted by molar-refractivity contribution is -0.117. The summed E-state index contributed by atoms with van der Waals surface area (Å²) in [6, 6.07) is 5.70. The minimum atomic E-state index is -0.308. The molecule has 1 amide bonds. The third-order valence-electron chi connectivity index (χ3n) is 4.13. The Labute approximate surface area is 131 Å². The van der Waals surface area contributed by atoms with Crippen molar-refractivity contribution in [3.05, 3.63) is 34.4 Å². The summed E-state index contributed by atoms with van der Waals surface area (Å²) in [5.74, 6) is -0.0555. The summed E-state index contributed by atoms with van der Waals surface area (Å²) < 4.78 is 0. The van der Waals surface area contributed by atoms with Crippen molar-refractivity contribution in [2.24, 2.45) is 0 Å². The number of rotatable bonds is 3. The van der Waals surface area contributed by atoms with Crippen molar-refractivity contribution >= 4 is 12.0 Å². The summed E-state index contributed by atoms with van der Waals surface area (Å²) in [6.45, 7) is 3.60. The van der Waals surface area contributed by atoms with Crippen LogP contribution in [0.25, 0.3) is 6.08 Å². The number of nitrogens with one attached hydrogen (secondary N) is 1. The fraction of sp³-hybridized carbons (Fsp3) is 0.444. The van der Waals surface area contributed by atoms with Crippen molar-refractivity contribution in [1.82, 2.24) is 5.32 Å². The van der Waals surface area contributed by atoms with Gasteiger partial charge in [0.15, 0.2) is 0 Å². The van der Waals surface area contributed by atoms with Crippen LogP contribution in [-0.2, 0) is 4.79 Å². The summed E-state index contributed by atoms with van der Waals surface area (Å²) >= 11 is 0. The van der Waals surface area contributed by atoms with Gasteiger partial charge in [0.05, 0.1) is 0 Å². The lowest BCUT2D eigenvalue weighted by Crippen LogP contribution is -2.36. The van der Waals surface area contributed by atoms with E-state index in [9.17, 15) is 15.2 Å². The Balaban J connectivity index is 2.16. The van der Waals surface area contributed by atoms with Crippen molar-refractivity contribution < 1.29 is 9.90 Å². The molecule has 116 valence electrons. The number of carbonyl (C=O) groups excluding carboxylic acids is 1. The molecule has 1 fully saturated rings. The number of carbonyl (C=O) groups is 1. The molecule has 1 aromatic carbocycles. The predicted octanol–water partition coefficient (Wildman–Crippen LogP) is 3.36. The average Bonchev–Trinajstić information content (AvgIpc) is 2.51. The second-order valence-corrected chi connectivity index (χ2v) is 5.98. The number of hydrogen-bond acceptors (Lipinski definition) is 3. The van der Waals surface area contributed by atoms with Crippen LogP contribution in [0.5, 0.6) is 5.75 Å². The highest BCUT2D eigenvalue weighted by atomic mass is 16.3. The van der Waals surface area contributed by atoms with Gasteiger partial charge in [0, 0.05) is 6.04 Å². The highest BCUT2D eigenvalue weighted by Gasteiger charge is 2.18. The number of amides is 1. The second-order valence-electron chi connectivity index (χ2n) is 5.98. The van der Waals surface area contributed by atoms with E-state index in [0.29, 0.717) is 0 Å². The smallest absolute Gasteiger partial charge is 0.262 e. The summed E-state index contributed by atoms with van der Waals surface area (Å²) in [5, 5.41) is 22.0. The molecule has 1 saturated carbocycles. The lowest BCUT2D eigenvalue weighted by Gasteiger charge is -2.22. The highest BCUT2D eigenvalue weighted by Crippen LogP contribution is 2.24. The molecule has 22 heavy (non-hydrogen) atoms. The third kappa shape index (κ3) is 3.88. The molecule has 0 aromatic heterocycles. The topological polar surface area (TPSA) is 73.1 Å². The molecule has 0 spiro atoms. The van der Waals surface area contributed by atoms with Gasteiger partial charge in [-0.2, -0.15) is 5.26 Å². The van der Waals surface area contributed by atoms with Crippen LogP contribution in [0.2, 0.25) is 0 Å². The van der Waals surface area contributed by atoms with E-state index >= 15 is 0 Å². The van der Waals surface area contributed by atoms with Gasteiger partial charge in [-0.05, 0) is 61.6 Å². The molecule has 0 radical (unpaired) electrons. The normalized spacial score (nSPS) is 16.1. The van der Waals surface area contributed by atoms with Crippen LogP contribution in [0.4, 0.5) is 0 Å². The zero-order valence-corrected chi connectivity index (χ0v) is 13.1. The molecule has 1 aromatic rings. The number of phenols is 1. The Kier molecular flexibility index (Phi) is 5.21. The molecule has 4 nitrogen and oxygen atoms in total. The van der Waals surface area contributed by atoms with Crippen LogP contribution in [-0.4, -0.2) is 17.1 Å². The van der Waals surface area contributed by atoms with Crippen LogP contribution in [0.1, 0.15) is 48.8 Å². The molecular formula is C18H22N2O2. The third-order valence-corrected chi connectivity index (χ3v) is 4.13. The lowest BCUT2D eigenvalue weighted by atomic mass is 9.95. The first-order valence-electron chi connectivity index (χ1n) is 7.74. The molecule has 0 saturated heterocycles. The highest BCUT2D eigenvalue weighted by molar-refractivity contribution is 6.01. The number of phenolic OH excluding ortho intramolecular Hbond substituents is 1. The quantitative estimate of drug-likeness (QED) is 0.664. The van der Waals surface area contributed by atoms with Gasteiger partial charge in [-0.1, -0.05) is 19.3 Å². The Morgan fingerprint density at radius 1 is 1.27 bits per heavy atom. The van der Waals surface area contributed by atoms with Gasteiger partial charge >= 0.3 is 0 Å². The van der Waals surface area contributed by atoms with E-state index < -0.39 is 0 Å². The first kappa shape index (κ1) is 16.1. The first-order valence-corrected chi connectivity index (χ1v) is 7.74. The average molecular weight is 298 g/mol. The number of nitriles is 1. The van der Waals surface area contributed by atoms with Crippen LogP contribution in [0.3, 0.4) is 0 Å². The van der Waals surface area contributed by atoms with E-state index in [4.69, 9.17) is 0 Å². The van der Waals surface area contributed by atoms with E-state index in [1.54, 1.807) is 32.1 Å². The monoisotopic (exact) mass is 298 g/mol. The number of benzene rings is 1. The van der Waals surface area contributed by atoms with Crippen LogP contribution < -0.4 is 5.32 Å². The molecule has 0 atom stereocenters. The maximum atomic E-state index is 12.2. The Morgan fingerprint density at radius 3 is 2.41 bits per heavy atom. The standard InChI is InChI=1S/C18H22N2O2/c1-12-8-14(9-13(2)17(12)21)10-15(11-19)18(22)20-16-6-4-3-5-7-16/h8-10,16,21H,3-7H2,1-2H3,(H,20,22)/b15-10-. The largest absolute Gasteiger partial charge is 0.507 e. The maximum absolute atomic E-state index is 12.2. The molecule has 4 heteroatoms. The first-order chi connectivity index (χ1) is 10.5. The Hall–Kier alpha value is -2.28. The summed E-state index contributed by atoms with van der Waals surface area (Å²) in [7, 11) is 0. The van der Waals surface area contributed by atoms with Gasteiger partial charge in [-0.3, -0.25) is 4.79 Å². The molecular weight excluding hydrogens is 276 g/mol. The molecule has 0 heterocycles.